The Bertz CT molecular complexity index is 389. The van der Waals surface area contributed by atoms with Crippen LogP contribution in [0.2, 0.25) is 0 Å². The van der Waals surface area contributed by atoms with E-state index in [0.29, 0.717) is 12.1 Å². The Morgan fingerprint density at radius 1 is 1.26 bits per heavy atom. The van der Waals surface area contributed by atoms with Crippen molar-refractivity contribution in [1.82, 2.24) is 4.90 Å². The van der Waals surface area contributed by atoms with Gasteiger partial charge in [0.25, 0.3) is 0 Å². The third kappa shape index (κ3) is 3.37. The number of nitrogens with two attached hydrogens (primary N) is 1. The Morgan fingerprint density at radius 2 is 2.05 bits per heavy atom. The minimum Gasteiger partial charge on any atom is -0.329 e. The summed E-state index contributed by atoms with van der Waals surface area (Å²) in [6.07, 6.45) is 6.64. The molecule has 0 saturated carbocycles. The molecule has 1 heterocycles. The standard InChI is InChI=1S/C17H28N2/c1-3-15-10-5-4-8-12-19(15)17(13-18)16-11-7-6-9-14(16)2/h6-7,9,11,15,17H,3-5,8,10,12-13,18H2,1-2H3. The highest BCUT2D eigenvalue weighted by molar-refractivity contribution is 5.29. The van der Waals surface area contributed by atoms with E-state index in [4.69, 9.17) is 5.73 Å². The molecule has 2 rings (SSSR count). The molecule has 2 heteroatoms. The largest absolute Gasteiger partial charge is 0.329 e. The fourth-order valence-corrected chi connectivity index (χ4v) is 3.45. The van der Waals surface area contributed by atoms with E-state index in [2.05, 4.69) is 43.0 Å². The lowest BCUT2D eigenvalue weighted by molar-refractivity contribution is 0.135. The summed E-state index contributed by atoms with van der Waals surface area (Å²) in [6.45, 7) is 6.45. The van der Waals surface area contributed by atoms with Crippen LogP contribution in [0.15, 0.2) is 24.3 Å². The number of likely N-dealkylation sites (tertiary alicyclic amines) is 1. The first-order chi connectivity index (χ1) is 9.27. The number of hydrogen-bond donors (Lipinski definition) is 1. The molecule has 1 saturated heterocycles. The maximum absolute atomic E-state index is 6.13. The van der Waals surface area contributed by atoms with Crippen LogP contribution in [0.3, 0.4) is 0 Å². The van der Waals surface area contributed by atoms with Gasteiger partial charge in [-0.1, -0.05) is 44.0 Å². The molecule has 0 amide bonds. The van der Waals surface area contributed by atoms with Gasteiger partial charge in [0, 0.05) is 18.6 Å². The molecular formula is C17H28N2. The molecule has 1 aromatic carbocycles. The third-order valence-corrected chi connectivity index (χ3v) is 4.56. The summed E-state index contributed by atoms with van der Waals surface area (Å²) < 4.78 is 0. The van der Waals surface area contributed by atoms with Crippen LogP contribution in [0.1, 0.15) is 56.2 Å². The van der Waals surface area contributed by atoms with Crippen molar-refractivity contribution in [3.63, 3.8) is 0 Å². The quantitative estimate of drug-likeness (QED) is 0.895. The molecule has 19 heavy (non-hydrogen) atoms. The second-order valence-corrected chi connectivity index (χ2v) is 5.76. The molecule has 0 aliphatic carbocycles. The zero-order chi connectivity index (χ0) is 13.7. The third-order valence-electron chi connectivity index (χ3n) is 4.56. The fourth-order valence-electron chi connectivity index (χ4n) is 3.45. The van der Waals surface area contributed by atoms with Crippen LogP contribution in [0, 0.1) is 6.92 Å². The Labute approximate surface area is 118 Å². The smallest absolute Gasteiger partial charge is 0.0476 e. The molecule has 1 aliphatic rings. The van der Waals surface area contributed by atoms with Gasteiger partial charge in [-0.2, -0.15) is 0 Å². The number of rotatable bonds is 4. The van der Waals surface area contributed by atoms with Crippen LogP contribution in [0.25, 0.3) is 0 Å². The second-order valence-electron chi connectivity index (χ2n) is 5.76. The molecule has 0 spiro atoms. The van der Waals surface area contributed by atoms with Gasteiger partial charge in [0.15, 0.2) is 0 Å². The van der Waals surface area contributed by atoms with Gasteiger partial charge >= 0.3 is 0 Å². The van der Waals surface area contributed by atoms with Crippen molar-refractivity contribution < 1.29 is 0 Å². The molecule has 1 aliphatic heterocycles. The van der Waals surface area contributed by atoms with Crippen LogP contribution < -0.4 is 5.73 Å². The van der Waals surface area contributed by atoms with Crippen LogP contribution in [0.5, 0.6) is 0 Å². The second kappa shape index (κ2) is 7.06. The molecule has 2 unspecified atom stereocenters. The highest BCUT2D eigenvalue weighted by atomic mass is 15.2. The Morgan fingerprint density at radius 3 is 2.74 bits per heavy atom. The highest BCUT2D eigenvalue weighted by Crippen LogP contribution is 2.30. The monoisotopic (exact) mass is 260 g/mol. The first kappa shape index (κ1) is 14.5. The first-order valence-electron chi connectivity index (χ1n) is 7.79. The van der Waals surface area contributed by atoms with E-state index in [-0.39, 0.29) is 0 Å². The zero-order valence-electron chi connectivity index (χ0n) is 12.4. The summed E-state index contributed by atoms with van der Waals surface area (Å²) in [5.41, 5.74) is 8.92. The summed E-state index contributed by atoms with van der Waals surface area (Å²) in [5, 5.41) is 0. The van der Waals surface area contributed by atoms with E-state index in [1.165, 1.54) is 49.8 Å². The molecular weight excluding hydrogens is 232 g/mol. The minimum absolute atomic E-state index is 0.393. The van der Waals surface area contributed by atoms with E-state index >= 15 is 0 Å². The van der Waals surface area contributed by atoms with E-state index < -0.39 is 0 Å². The maximum Gasteiger partial charge on any atom is 0.0476 e. The van der Waals surface area contributed by atoms with E-state index in [0.717, 1.165) is 6.54 Å². The predicted molar refractivity (Wildman–Crippen MR) is 82.2 cm³/mol. The molecule has 0 radical (unpaired) electrons. The summed E-state index contributed by atoms with van der Waals surface area (Å²) in [5.74, 6) is 0. The van der Waals surface area contributed by atoms with Gasteiger partial charge in [-0.3, -0.25) is 4.90 Å². The van der Waals surface area contributed by atoms with Gasteiger partial charge in [-0.15, -0.1) is 0 Å². The van der Waals surface area contributed by atoms with E-state index in [1.54, 1.807) is 0 Å². The lowest BCUT2D eigenvalue weighted by Gasteiger charge is -2.37. The number of hydrogen-bond acceptors (Lipinski definition) is 2. The molecule has 0 bridgehead atoms. The van der Waals surface area contributed by atoms with Crippen molar-refractivity contribution in [2.45, 2.75) is 58.0 Å². The van der Waals surface area contributed by atoms with Gasteiger partial charge in [0.1, 0.15) is 0 Å². The normalized spacial score (nSPS) is 23.0. The maximum atomic E-state index is 6.13. The fraction of sp³-hybridized carbons (Fsp3) is 0.647. The summed E-state index contributed by atoms with van der Waals surface area (Å²) in [7, 11) is 0. The van der Waals surface area contributed by atoms with Crippen molar-refractivity contribution >= 4 is 0 Å². The number of benzene rings is 1. The molecule has 1 fully saturated rings. The van der Waals surface area contributed by atoms with Crippen LogP contribution >= 0.6 is 0 Å². The Hall–Kier alpha value is -0.860. The first-order valence-corrected chi connectivity index (χ1v) is 7.79. The van der Waals surface area contributed by atoms with Gasteiger partial charge < -0.3 is 5.73 Å². The van der Waals surface area contributed by atoms with Crippen molar-refractivity contribution in [3.8, 4) is 0 Å². The molecule has 1 aromatic rings. The van der Waals surface area contributed by atoms with Crippen molar-refractivity contribution in [1.29, 1.82) is 0 Å². The topological polar surface area (TPSA) is 29.3 Å². The Kier molecular flexibility index (Phi) is 5.41. The molecule has 0 aromatic heterocycles. The molecule has 106 valence electrons. The van der Waals surface area contributed by atoms with Crippen molar-refractivity contribution in [2.24, 2.45) is 5.73 Å². The van der Waals surface area contributed by atoms with Gasteiger partial charge in [-0.05, 0) is 43.9 Å². The van der Waals surface area contributed by atoms with E-state index in [9.17, 15) is 0 Å². The SMILES string of the molecule is CCC1CCCCCN1C(CN)c1ccccc1C. The summed E-state index contributed by atoms with van der Waals surface area (Å²) in [4.78, 5) is 2.68. The predicted octanol–water partition coefficient (Wildman–Crippen LogP) is 3.65. The molecule has 2 nitrogen and oxygen atoms in total. The lowest BCUT2D eigenvalue weighted by atomic mass is 9.97. The molecule has 2 N–H and O–H groups in total. The van der Waals surface area contributed by atoms with Crippen LogP contribution in [-0.4, -0.2) is 24.0 Å². The average Bonchev–Trinajstić information content (AvgIpc) is 2.67. The zero-order valence-corrected chi connectivity index (χ0v) is 12.4. The van der Waals surface area contributed by atoms with Gasteiger partial charge in [-0.25, -0.2) is 0 Å². The Balaban J connectivity index is 2.26. The molecule has 2 atom stereocenters. The number of nitrogens with zero attached hydrogens (tertiary/aromatic N) is 1. The van der Waals surface area contributed by atoms with Crippen molar-refractivity contribution in [3.05, 3.63) is 35.4 Å². The van der Waals surface area contributed by atoms with E-state index in [1.807, 2.05) is 0 Å². The highest BCUT2D eigenvalue weighted by Gasteiger charge is 2.27. The minimum atomic E-state index is 0.393. The summed E-state index contributed by atoms with van der Waals surface area (Å²) in [6, 6.07) is 9.82. The van der Waals surface area contributed by atoms with Crippen LogP contribution in [0.4, 0.5) is 0 Å². The van der Waals surface area contributed by atoms with Crippen LogP contribution in [-0.2, 0) is 0 Å². The van der Waals surface area contributed by atoms with Gasteiger partial charge in [0.05, 0.1) is 0 Å². The van der Waals surface area contributed by atoms with Crippen molar-refractivity contribution in [2.75, 3.05) is 13.1 Å². The average molecular weight is 260 g/mol. The lowest BCUT2D eigenvalue weighted by Crippen LogP contribution is -2.41. The van der Waals surface area contributed by atoms with Gasteiger partial charge in [0.2, 0.25) is 0 Å². The summed E-state index contributed by atoms with van der Waals surface area (Å²) >= 11 is 0. The number of aryl methyl sites for hydroxylation is 1.